The molecule has 0 bridgehead atoms. The lowest BCUT2D eigenvalue weighted by molar-refractivity contribution is -0.137. The molecule has 3 N–H and O–H groups in total. The predicted octanol–water partition coefficient (Wildman–Crippen LogP) is 3.73. The maximum atomic E-state index is 12.8. The van der Waals surface area contributed by atoms with Gasteiger partial charge in [-0.3, -0.25) is 9.36 Å². The largest absolute Gasteiger partial charge is 0.416 e. The summed E-state index contributed by atoms with van der Waals surface area (Å²) in [6.07, 6.45) is -1.32. The Balaban J connectivity index is 1.83. The predicted molar refractivity (Wildman–Crippen MR) is 87.4 cm³/mol. The van der Waals surface area contributed by atoms with Crippen LogP contribution in [0.15, 0.2) is 60.9 Å². The van der Waals surface area contributed by atoms with Crippen LogP contribution in [0.4, 0.5) is 24.8 Å². The average molecular weight is 346 g/mol. The van der Waals surface area contributed by atoms with E-state index in [0.29, 0.717) is 11.4 Å². The molecule has 0 saturated heterocycles. The van der Waals surface area contributed by atoms with Crippen LogP contribution in [0.5, 0.6) is 0 Å². The van der Waals surface area contributed by atoms with Gasteiger partial charge in [0.05, 0.1) is 11.3 Å². The fourth-order valence-electron chi connectivity index (χ4n) is 2.31. The Kier molecular flexibility index (Phi) is 4.18. The van der Waals surface area contributed by atoms with Crippen LogP contribution in [0.3, 0.4) is 0 Å². The number of nitrogens with zero attached hydrogens (tertiary/aromatic N) is 2. The monoisotopic (exact) mass is 346 g/mol. The van der Waals surface area contributed by atoms with Crippen molar-refractivity contribution >= 4 is 17.5 Å². The van der Waals surface area contributed by atoms with Gasteiger partial charge in [-0.15, -0.1) is 0 Å². The minimum atomic E-state index is -4.50. The third kappa shape index (κ3) is 3.63. The molecule has 0 unspecified atom stereocenters. The molecule has 5 nitrogen and oxygen atoms in total. The molecule has 1 amide bonds. The molecule has 0 spiro atoms. The molecule has 8 heteroatoms. The number of alkyl halides is 3. The van der Waals surface area contributed by atoms with Crippen molar-refractivity contribution in [2.75, 3.05) is 11.1 Å². The first-order valence-corrected chi connectivity index (χ1v) is 7.22. The molecule has 3 aromatic rings. The normalized spacial score (nSPS) is 11.3. The van der Waals surface area contributed by atoms with Crippen molar-refractivity contribution in [2.24, 2.45) is 0 Å². The Morgan fingerprint density at radius 2 is 1.88 bits per heavy atom. The summed E-state index contributed by atoms with van der Waals surface area (Å²) in [5.74, 6) is -0.358. The third-order valence-corrected chi connectivity index (χ3v) is 3.50. The molecular formula is C17H13F3N4O. The van der Waals surface area contributed by atoms with Crippen LogP contribution in [0, 0.1) is 0 Å². The summed E-state index contributed by atoms with van der Waals surface area (Å²) in [7, 11) is 0. The van der Waals surface area contributed by atoms with Crippen LogP contribution >= 0.6 is 0 Å². The highest BCUT2D eigenvalue weighted by molar-refractivity contribution is 6.04. The Bertz CT molecular complexity index is 918. The zero-order valence-electron chi connectivity index (χ0n) is 12.8. The van der Waals surface area contributed by atoms with Crippen LogP contribution in [-0.2, 0) is 6.18 Å². The number of nitrogens with two attached hydrogens (primary N) is 1. The number of imidazole rings is 1. The van der Waals surface area contributed by atoms with E-state index in [1.54, 1.807) is 35.0 Å². The minimum Gasteiger partial charge on any atom is -0.369 e. The van der Waals surface area contributed by atoms with Gasteiger partial charge in [-0.05, 0) is 36.4 Å². The molecule has 128 valence electrons. The molecule has 25 heavy (non-hydrogen) atoms. The SMILES string of the molecule is Nc1nccn1-c1cccc(NC(=O)c2cccc(C(F)(F)F)c2)c1. The number of nitrogen functional groups attached to an aromatic ring is 1. The van der Waals surface area contributed by atoms with E-state index in [1.807, 2.05) is 0 Å². The highest BCUT2D eigenvalue weighted by atomic mass is 19.4. The highest BCUT2D eigenvalue weighted by Crippen LogP contribution is 2.29. The lowest BCUT2D eigenvalue weighted by Crippen LogP contribution is -2.14. The van der Waals surface area contributed by atoms with E-state index < -0.39 is 17.6 Å². The van der Waals surface area contributed by atoms with Gasteiger partial charge in [0.25, 0.3) is 5.91 Å². The van der Waals surface area contributed by atoms with Crippen LogP contribution in [-0.4, -0.2) is 15.5 Å². The second-order valence-corrected chi connectivity index (χ2v) is 5.24. The van der Waals surface area contributed by atoms with Gasteiger partial charge < -0.3 is 11.1 Å². The first-order valence-electron chi connectivity index (χ1n) is 7.22. The number of halogens is 3. The van der Waals surface area contributed by atoms with Gasteiger partial charge in [0.1, 0.15) is 0 Å². The fraction of sp³-hybridized carbons (Fsp3) is 0.0588. The van der Waals surface area contributed by atoms with Crippen molar-refractivity contribution in [2.45, 2.75) is 6.18 Å². The molecule has 3 rings (SSSR count). The summed E-state index contributed by atoms with van der Waals surface area (Å²) in [5.41, 5.74) is 5.86. The quantitative estimate of drug-likeness (QED) is 0.759. The van der Waals surface area contributed by atoms with Crippen molar-refractivity contribution in [3.05, 3.63) is 72.1 Å². The van der Waals surface area contributed by atoms with Crippen LogP contribution in [0.1, 0.15) is 15.9 Å². The molecule has 1 aromatic heterocycles. The summed E-state index contributed by atoms with van der Waals surface area (Å²) >= 11 is 0. The van der Waals surface area contributed by atoms with E-state index in [9.17, 15) is 18.0 Å². The van der Waals surface area contributed by atoms with Crippen molar-refractivity contribution in [1.82, 2.24) is 9.55 Å². The number of nitrogens with one attached hydrogen (secondary N) is 1. The van der Waals surface area contributed by atoms with Crippen LogP contribution in [0.25, 0.3) is 5.69 Å². The lowest BCUT2D eigenvalue weighted by atomic mass is 10.1. The number of hydrogen-bond donors (Lipinski definition) is 2. The van der Waals surface area contributed by atoms with E-state index in [4.69, 9.17) is 5.73 Å². The Hall–Kier alpha value is -3.29. The maximum absolute atomic E-state index is 12.8. The number of carbonyl (C=O) groups excluding carboxylic acids is 1. The first-order chi connectivity index (χ1) is 11.8. The van der Waals surface area contributed by atoms with Gasteiger partial charge in [-0.2, -0.15) is 13.2 Å². The molecule has 0 aliphatic rings. The van der Waals surface area contributed by atoms with E-state index in [-0.39, 0.29) is 11.5 Å². The molecule has 0 atom stereocenters. The van der Waals surface area contributed by atoms with Gasteiger partial charge in [0, 0.05) is 23.6 Å². The smallest absolute Gasteiger partial charge is 0.369 e. The Morgan fingerprint density at radius 1 is 1.12 bits per heavy atom. The van der Waals surface area contributed by atoms with E-state index in [1.165, 1.54) is 18.3 Å². The molecule has 0 aliphatic heterocycles. The fourth-order valence-corrected chi connectivity index (χ4v) is 2.31. The first kappa shape index (κ1) is 16.6. The van der Waals surface area contributed by atoms with Gasteiger partial charge >= 0.3 is 6.18 Å². The zero-order chi connectivity index (χ0) is 18.0. The number of hydrogen-bond acceptors (Lipinski definition) is 3. The minimum absolute atomic E-state index is 0.0811. The number of aromatic nitrogens is 2. The lowest BCUT2D eigenvalue weighted by Gasteiger charge is -2.11. The molecule has 0 radical (unpaired) electrons. The summed E-state index contributed by atoms with van der Waals surface area (Å²) in [5, 5.41) is 2.58. The van der Waals surface area contributed by atoms with Gasteiger partial charge in [0.15, 0.2) is 0 Å². The van der Waals surface area contributed by atoms with E-state index in [2.05, 4.69) is 10.3 Å². The van der Waals surface area contributed by atoms with Crippen molar-refractivity contribution in [3.8, 4) is 5.69 Å². The third-order valence-electron chi connectivity index (χ3n) is 3.50. The van der Waals surface area contributed by atoms with Crippen LogP contribution in [0.2, 0.25) is 0 Å². The Morgan fingerprint density at radius 3 is 2.56 bits per heavy atom. The molecule has 2 aromatic carbocycles. The second-order valence-electron chi connectivity index (χ2n) is 5.24. The number of rotatable bonds is 3. The van der Waals surface area contributed by atoms with Crippen molar-refractivity contribution in [1.29, 1.82) is 0 Å². The zero-order valence-corrected chi connectivity index (χ0v) is 12.8. The molecule has 1 heterocycles. The maximum Gasteiger partial charge on any atom is 0.416 e. The van der Waals surface area contributed by atoms with Gasteiger partial charge in [-0.25, -0.2) is 4.98 Å². The van der Waals surface area contributed by atoms with Gasteiger partial charge in [-0.1, -0.05) is 12.1 Å². The molecule has 0 saturated carbocycles. The van der Waals surface area contributed by atoms with Crippen molar-refractivity contribution in [3.63, 3.8) is 0 Å². The summed E-state index contributed by atoms with van der Waals surface area (Å²) in [6, 6.07) is 11.0. The average Bonchev–Trinajstić information content (AvgIpc) is 3.00. The number of benzene rings is 2. The van der Waals surface area contributed by atoms with E-state index in [0.717, 1.165) is 12.1 Å². The highest BCUT2D eigenvalue weighted by Gasteiger charge is 2.30. The summed E-state index contributed by atoms with van der Waals surface area (Å²) < 4.78 is 39.9. The van der Waals surface area contributed by atoms with Crippen molar-refractivity contribution < 1.29 is 18.0 Å². The standard InChI is InChI=1S/C17H13F3N4O/c18-17(19,20)12-4-1-3-11(9-12)15(25)23-13-5-2-6-14(10-13)24-8-7-22-16(24)21/h1-10H,(H2,21,22)(H,23,25). The number of anilines is 2. The summed E-state index contributed by atoms with van der Waals surface area (Å²) in [6.45, 7) is 0. The van der Waals surface area contributed by atoms with Crippen LogP contribution < -0.4 is 11.1 Å². The van der Waals surface area contributed by atoms with E-state index >= 15 is 0 Å². The molecular weight excluding hydrogens is 333 g/mol. The topological polar surface area (TPSA) is 72.9 Å². The number of carbonyl (C=O) groups is 1. The van der Waals surface area contributed by atoms with Gasteiger partial charge in [0.2, 0.25) is 5.95 Å². The summed E-state index contributed by atoms with van der Waals surface area (Å²) in [4.78, 5) is 16.1. The molecule has 0 fully saturated rings. The number of amides is 1. The second kappa shape index (κ2) is 6.31. The Labute approximate surface area is 140 Å². The molecule has 0 aliphatic carbocycles.